The largest absolute Gasteiger partial charge is 0.350 e. The molecule has 3 aromatic heterocycles. The van der Waals surface area contributed by atoms with E-state index in [0.29, 0.717) is 23.0 Å². The first-order valence-electron chi connectivity index (χ1n) is 7.97. The van der Waals surface area contributed by atoms with Gasteiger partial charge >= 0.3 is 5.69 Å². The molecule has 26 heavy (non-hydrogen) atoms. The highest BCUT2D eigenvalue weighted by Crippen LogP contribution is 2.23. The molecule has 7 nitrogen and oxygen atoms in total. The molecule has 0 unspecified atom stereocenters. The summed E-state index contributed by atoms with van der Waals surface area (Å²) in [5.74, 6) is 0.641. The molecule has 0 bridgehead atoms. The van der Waals surface area contributed by atoms with Gasteiger partial charge in [0.1, 0.15) is 6.33 Å². The molecule has 0 atom stereocenters. The zero-order chi connectivity index (χ0) is 18.1. The van der Waals surface area contributed by atoms with Gasteiger partial charge in [0.15, 0.2) is 10.8 Å². The van der Waals surface area contributed by atoms with E-state index in [1.807, 2.05) is 47.9 Å². The molecule has 0 saturated heterocycles. The van der Waals surface area contributed by atoms with Crippen molar-refractivity contribution in [3.63, 3.8) is 0 Å². The quantitative estimate of drug-likeness (QED) is 0.493. The standard InChI is InChI=1S/C17H15ClN6OS/c1-12-5-6-13(10-14(12)18)23-11-19-20-16(23)26-9-8-24-17(25)22-7-3-2-4-15(22)21-24/h2-7,10-11H,8-9H2,1H3. The van der Waals surface area contributed by atoms with Crippen molar-refractivity contribution in [1.82, 2.24) is 28.9 Å². The molecule has 0 spiro atoms. The molecule has 3 heterocycles. The maximum atomic E-state index is 12.3. The topological polar surface area (TPSA) is 70.0 Å². The molecule has 1 aromatic carbocycles. The summed E-state index contributed by atoms with van der Waals surface area (Å²) < 4.78 is 4.87. The van der Waals surface area contributed by atoms with Crippen LogP contribution in [0.4, 0.5) is 0 Å². The number of pyridine rings is 1. The lowest BCUT2D eigenvalue weighted by Crippen LogP contribution is -2.22. The number of nitrogens with zero attached hydrogens (tertiary/aromatic N) is 6. The van der Waals surface area contributed by atoms with Gasteiger partial charge in [0.05, 0.1) is 12.2 Å². The fraction of sp³-hybridized carbons (Fsp3) is 0.176. The molecule has 0 amide bonds. The first-order valence-corrected chi connectivity index (χ1v) is 9.33. The number of thioether (sulfide) groups is 1. The second-order valence-electron chi connectivity index (χ2n) is 5.70. The zero-order valence-corrected chi connectivity index (χ0v) is 15.5. The fourth-order valence-corrected chi connectivity index (χ4v) is 3.59. The van der Waals surface area contributed by atoms with Crippen molar-refractivity contribution in [2.45, 2.75) is 18.6 Å². The summed E-state index contributed by atoms with van der Waals surface area (Å²) in [4.78, 5) is 12.3. The van der Waals surface area contributed by atoms with Gasteiger partial charge in [-0.15, -0.1) is 15.3 Å². The van der Waals surface area contributed by atoms with Gasteiger partial charge in [-0.1, -0.05) is 35.5 Å². The summed E-state index contributed by atoms with van der Waals surface area (Å²) in [6.07, 6.45) is 3.37. The molecular weight excluding hydrogens is 372 g/mol. The van der Waals surface area contributed by atoms with E-state index in [2.05, 4.69) is 15.3 Å². The molecule has 132 valence electrons. The summed E-state index contributed by atoms with van der Waals surface area (Å²) in [5, 5.41) is 13.9. The Bertz CT molecular complexity index is 1130. The zero-order valence-electron chi connectivity index (χ0n) is 13.9. The molecule has 4 rings (SSSR count). The Labute approximate surface area is 158 Å². The normalized spacial score (nSPS) is 11.3. The van der Waals surface area contributed by atoms with E-state index in [9.17, 15) is 4.79 Å². The first-order chi connectivity index (χ1) is 12.6. The Hall–Kier alpha value is -2.58. The van der Waals surface area contributed by atoms with Gasteiger partial charge in [-0.25, -0.2) is 9.48 Å². The number of benzene rings is 1. The van der Waals surface area contributed by atoms with Crippen molar-refractivity contribution in [3.8, 4) is 5.69 Å². The van der Waals surface area contributed by atoms with Crippen molar-refractivity contribution in [3.05, 3.63) is 70.0 Å². The van der Waals surface area contributed by atoms with Crippen LogP contribution >= 0.6 is 23.4 Å². The van der Waals surface area contributed by atoms with Gasteiger partial charge in [0.2, 0.25) is 0 Å². The summed E-state index contributed by atoms with van der Waals surface area (Å²) in [5.41, 5.74) is 2.41. The molecule has 0 fully saturated rings. The third-order valence-electron chi connectivity index (χ3n) is 3.97. The lowest BCUT2D eigenvalue weighted by molar-refractivity contribution is 0.639. The van der Waals surface area contributed by atoms with Gasteiger partial charge in [0.25, 0.3) is 0 Å². The second kappa shape index (κ2) is 6.97. The van der Waals surface area contributed by atoms with E-state index < -0.39 is 0 Å². The average Bonchev–Trinajstić information content (AvgIpc) is 3.23. The highest BCUT2D eigenvalue weighted by atomic mass is 35.5. The molecule has 0 saturated carbocycles. The number of aromatic nitrogens is 6. The van der Waals surface area contributed by atoms with Crippen LogP contribution in [0.1, 0.15) is 5.56 Å². The maximum absolute atomic E-state index is 12.3. The number of hydrogen-bond donors (Lipinski definition) is 0. The molecule has 0 radical (unpaired) electrons. The first kappa shape index (κ1) is 16.9. The van der Waals surface area contributed by atoms with Crippen LogP contribution < -0.4 is 5.69 Å². The summed E-state index contributed by atoms with van der Waals surface area (Å²) in [6, 6.07) is 11.3. The van der Waals surface area contributed by atoms with Gasteiger partial charge in [-0.3, -0.25) is 8.97 Å². The van der Waals surface area contributed by atoms with Gasteiger partial charge in [-0.2, -0.15) is 0 Å². The summed E-state index contributed by atoms with van der Waals surface area (Å²) in [7, 11) is 0. The SMILES string of the molecule is Cc1ccc(-n2cnnc2SCCn2nc3ccccn3c2=O)cc1Cl. The highest BCUT2D eigenvalue weighted by Gasteiger charge is 2.10. The Morgan fingerprint density at radius 2 is 2.12 bits per heavy atom. The van der Waals surface area contributed by atoms with Crippen molar-refractivity contribution in [2.24, 2.45) is 0 Å². The van der Waals surface area contributed by atoms with Crippen LogP contribution in [0.25, 0.3) is 11.3 Å². The Balaban J connectivity index is 1.50. The predicted octanol–water partition coefficient (Wildman–Crippen LogP) is 2.83. The van der Waals surface area contributed by atoms with Crippen LogP contribution in [0.3, 0.4) is 0 Å². The van der Waals surface area contributed by atoms with Crippen molar-refractivity contribution in [2.75, 3.05) is 5.75 Å². The molecule has 0 aliphatic heterocycles. The summed E-state index contributed by atoms with van der Waals surface area (Å²) >= 11 is 7.72. The van der Waals surface area contributed by atoms with Crippen LogP contribution in [-0.4, -0.2) is 34.7 Å². The minimum Gasteiger partial charge on any atom is -0.277 e. The average molecular weight is 387 g/mol. The van der Waals surface area contributed by atoms with Crippen molar-refractivity contribution in [1.29, 1.82) is 0 Å². The smallest absolute Gasteiger partial charge is 0.277 e. The number of fused-ring (bicyclic) bond motifs is 1. The van der Waals surface area contributed by atoms with E-state index in [-0.39, 0.29) is 5.69 Å². The molecule has 0 N–H and O–H groups in total. The third-order valence-corrected chi connectivity index (χ3v) is 5.30. The third kappa shape index (κ3) is 3.13. The number of hydrogen-bond acceptors (Lipinski definition) is 5. The van der Waals surface area contributed by atoms with E-state index in [4.69, 9.17) is 11.6 Å². The van der Waals surface area contributed by atoms with Gasteiger partial charge in [-0.05, 0) is 36.8 Å². The Kier molecular flexibility index (Phi) is 4.52. The monoisotopic (exact) mass is 386 g/mol. The van der Waals surface area contributed by atoms with Crippen LogP contribution in [0, 0.1) is 6.92 Å². The predicted molar refractivity (Wildman–Crippen MR) is 101 cm³/mol. The minimum atomic E-state index is -0.145. The van der Waals surface area contributed by atoms with E-state index in [0.717, 1.165) is 16.4 Å². The highest BCUT2D eigenvalue weighted by molar-refractivity contribution is 7.99. The molecular formula is C17H15ClN6OS. The maximum Gasteiger partial charge on any atom is 0.350 e. The number of aryl methyl sites for hydroxylation is 2. The number of halogens is 1. The van der Waals surface area contributed by atoms with E-state index >= 15 is 0 Å². The Morgan fingerprint density at radius 3 is 2.92 bits per heavy atom. The van der Waals surface area contributed by atoms with Crippen LogP contribution in [-0.2, 0) is 6.54 Å². The van der Waals surface area contributed by atoms with Crippen LogP contribution in [0.2, 0.25) is 5.02 Å². The van der Waals surface area contributed by atoms with Crippen LogP contribution in [0.5, 0.6) is 0 Å². The lowest BCUT2D eigenvalue weighted by atomic mass is 10.2. The second-order valence-corrected chi connectivity index (χ2v) is 7.17. The van der Waals surface area contributed by atoms with Gasteiger partial charge < -0.3 is 0 Å². The van der Waals surface area contributed by atoms with Crippen molar-refractivity contribution < 1.29 is 0 Å². The fourth-order valence-electron chi connectivity index (χ4n) is 2.57. The minimum absolute atomic E-state index is 0.145. The molecule has 4 aromatic rings. The van der Waals surface area contributed by atoms with Gasteiger partial charge in [0, 0.05) is 17.0 Å². The van der Waals surface area contributed by atoms with Crippen LogP contribution in [0.15, 0.2) is 58.9 Å². The summed E-state index contributed by atoms with van der Waals surface area (Å²) in [6.45, 7) is 2.44. The van der Waals surface area contributed by atoms with Crippen molar-refractivity contribution >= 4 is 29.0 Å². The molecule has 0 aliphatic carbocycles. The lowest BCUT2D eigenvalue weighted by Gasteiger charge is -2.07. The van der Waals surface area contributed by atoms with E-state index in [1.54, 1.807) is 12.5 Å². The number of rotatable bonds is 5. The molecule has 9 heteroatoms. The van der Waals surface area contributed by atoms with E-state index in [1.165, 1.54) is 20.8 Å². The Morgan fingerprint density at radius 1 is 1.23 bits per heavy atom. The molecule has 0 aliphatic rings.